The molecule has 0 saturated heterocycles. The van der Waals surface area contributed by atoms with Crippen molar-refractivity contribution in [1.29, 1.82) is 0 Å². The molecule has 0 heterocycles. The van der Waals surface area contributed by atoms with Crippen molar-refractivity contribution in [3.8, 4) is 0 Å². The average Bonchev–Trinajstić information content (AvgIpc) is 3.16. The Labute approximate surface area is 131 Å². The Kier molecular flexibility index (Phi) is 4.46. The van der Waals surface area contributed by atoms with Gasteiger partial charge in [-0.3, -0.25) is 4.79 Å². The average molecular weight is 301 g/mol. The Morgan fingerprint density at radius 3 is 2.55 bits per heavy atom. The number of nitrogens with one attached hydrogen (secondary N) is 1. The lowest BCUT2D eigenvalue weighted by atomic mass is 9.92. The molecule has 22 heavy (non-hydrogen) atoms. The van der Waals surface area contributed by atoms with Crippen LogP contribution in [-0.2, 0) is 4.74 Å². The van der Waals surface area contributed by atoms with Crippen LogP contribution in [0.4, 0.5) is 0 Å². The van der Waals surface area contributed by atoms with E-state index in [9.17, 15) is 9.59 Å². The summed E-state index contributed by atoms with van der Waals surface area (Å²) in [4.78, 5) is 23.6. The first-order valence-electron chi connectivity index (χ1n) is 8.15. The zero-order valence-electron chi connectivity index (χ0n) is 13.0. The van der Waals surface area contributed by atoms with Gasteiger partial charge in [-0.2, -0.15) is 0 Å². The van der Waals surface area contributed by atoms with E-state index < -0.39 is 0 Å². The molecule has 2 saturated carbocycles. The molecule has 0 bridgehead atoms. The standard InChI is InChI=1S/C18H23NO3/c1-22-18(21)14-8-6-13(7-9-14)17(20)19-11-15-10-5-12-3-2-4-16(12)15/h6-9,12,15-16H,2-5,10-11H2,1H3,(H,19,20)/t12-,15+,16-/m0/s1. The van der Waals surface area contributed by atoms with Crippen molar-refractivity contribution in [3.63, 3.8) is 0 Å². The predicted octanol–water partition coefficient (Wildman–Crippen LogP) is 3.03. The fourth-order valence-electron chi connectivity index (χ4n) is 4.14. The van der Waals surface area contributed by atoms with Gasteiger partial charge in [0.15, 0.2) is 0 Å². The molecule has 0 unspecified atom stereocenters. The monoisotopic (exact) mass is 301 g/mol. The van der Waals surface area contributed by atoms with Gasteiger partial charge in [0.1, 0.15) is 0 Å². The first-order chi connectivity index (χ1) is 10.7. The Bertz CT molecular complexity index is 552. The number of fused-ring (bicyclic) bond motifs is 1. The maximum Gasteiger partial charge on any atom is 0.337 e. The van der Waals surface area contributed by atoms with E-state index in [0.29, 0.717) is 17.0 Å². The molecule has 4 nitrogen and oxygen atoms in total. The highest BCUT2D eigenvalue weighted by Crippen LogP contribution is 2.47. The van der Waals surface area contributed by atoms with E-state index in [-0.39, 0.29) is 11.9 Å². The van der Waals surface area contributed by atoms with E-state index in [0.717, 1.165) is 18.4 Å². The van der Waals surface area contributed by atoms with Gasteiger partial charge in [0.25, 0.3) is 5.91 Å². The summed E-state index contributed by atoms with van der Waals surface area (Å²) in [5.41, 5.74) is 1.05. The Balaban J connectivity index is 1.54. The number of rotatable bonds is 4. The van der Waals surface area contributed by atoms with E-state index in [2.05, 4.69) is 10.1 Å². The molecule has 1 aromatic carbocycles. The molecule has 4 heteroatoms. The molecule has 3 atom stereocenters. The van der Waals surface area contributed by atoms with Crippen molar-refractivity contribution in [2.45, 2.75) is 32.1 Å². The minimum absolute atomic E-state index is 0.0575. The summed E-state index contributed by atoms with van der Waals surface area (Å²) < 4.78 is 4.65. The summed E-state index contributed by atoms with van der Waals surface area (Å²) in [6, 6.07) is 6.61. The highest BCUT2D eigenvalue weighted by Gasteiger charge is 2.38. The van der Waals surface area contributed by atoms with Crippen LogP contribution in [0.5, 0.6) is 0 Å². The molecule has 1 amide bonds. The van der Waals surface area contributed by atoms with Gasteiger partial charge in [-0.15, -0.1) is 0 Å². The van der Waals surface area contributed by atoms with Crippen molar-refractivity contribution >= 4 is 11.9 Å². The van der Waals surface area contributed by atoms with Crippen LogP contribution < -0.4 is 5.32 Å². The second-order valence-electron chi connectivity index (χ2n) is 6.47. The van der Waals surface area contributed by atoms with Crippen molar-refractivity contribution in [2.24, 2.45) is 17.8 Å². The van der Waals surface area contributed by atoms with E-state index in [1.54, 1.807) is 24.3 Å². The van der Waals surface area contributed by atoms with E-state index in [1.165, 1.54) is 39.2 Å². The smallest absolute Gasteiger partial charge is 0.337 e. The number of hydrogen-bond acceptors (Lipinski definition) is 3. The lowest BCUT2D eigenvalue weighted by Crippen LogP contribution is -2.31. The second-order valence-corrected chi connectivity index (χ2v) is 6.47. The van der Waals surface area contributed by atoms with Crippen molar-refractivity contribution < 1.29 is 14.3 Å². The largest absolute Gasteiger partial charge is 0.465 e. The van der Waals surface area contributed by atoms with Crippen LogP contribution in [0.2, 0.25) is 0 Å². The number of carbonyl (C=O) groups excluding carboxylic acids is 2. The van der Waals surface area contributed by atoms with Gasteiger partial charge in [0, 0.05) is 12.1 Å². The van der Waals surface area contributed by atoms with Gasteiger partial charge in [0.05, 0.1) is 12.7 Å². The molecule has 2 aliphatic rings. The van der Waals surface area contributed by atoms with Gasteiger partial charge in [-0.1, -0.05) is 12.8 Å². The molecule has 2 fully saturated rings. The fraction of sp³-hybridized carbons (Fsp3) is 0.556. The molecule has 118 valence electrons. The van der Waals surface area contributed by atoms with Crippen LogP contribution in [0, 0.1) is 17.8 Å². The van der Waals surface area contributed by atoms with Gasteiger partial charge in [0.2, 0.25) is 0 Å². The SMILES string of the molecule is COC(=O)c1ccc(C(=O)NC[C@H]2CC[C@@H]3CCC[C@@H]32)cc1. The summed E-state index contributed by atoms with van der Waals surface area (Å²) in [6.07, 6.45) is 6.65. The molecule has 1 aromatic rings. The van der Waals surface area contributed by atoms with Crippen LogP contribution in [-0.4, -0.2) is 25.5 Å². The number of amides is 1. The number of carbonyl (C=O) groups is 2. The predicted molar refractivity (Wildman–Crippen MR) is 83.7 cm³/mol. The molecule has 3 rings (SSSR count). The molecular formula is C18H23NO3. The van der Waals surface area contributed by atoms with Crippen LogP contribution in [0.1, 0.15) is 52.8 Å². The van der Waals surface area contributed by atoms with E-state index >= 15 is 0 Å². The third-order valence-corrected chi connectivity index (χ3v) is 5.32. The minimum atomic E-state index is -0.384. The minimum Gasteiger partial charge on any atom is -0.465 e. The third kappa shape index (κ3) is 3.01. The number of benzene rings is 1. The van der Waals surface area contributed by atoms with Crippen molar-refractivity contribution in [3.05, 3.63) is 35.4 Å². The quantitative estimate of drug-likeness (QED) is 0.870. The summed E-state index contributed by atoms with van der Waals surface area (Å²) in [7, 11) is 1.35. The Morgan fingerprint density at radius 1 is 1.09 bits per heavy atom. The van der Waals surface area contributed by atoms with Crippen LogP contribution in [0.15, 0.2) is 24.3 Å². The topological polar surface area (TPSA) is 55.4 Å². The number of esters is 1. The van der Waals surface area contributed by atoms with Crippen molar-refractivity contribution in [2.75, 3.05) is 13.7 Å². The lowest BCUT2D eigenvalue weighted by molar-refractivity contribution is 0.0600. The summed E-state index contributed by atoms with van der Waals surface area (Å²) >= 11 is 0. The highest BCUT2D eigenvalue weighted by atomic mass is 16.5. The van der Waals surface area contributed by atoms with E-state index in [4.69, 9.17) is 0 Å². The van der Waals surface area contributed by atoms with Gasteiger partial charge >= 0.3 is 5.97 Å². The summed E-state index contributed by atoms with van der Waals surface area (Å²) in [5.74, 6) is 1.93. The number of methoxy groups -OCH3 is 1. The molecule has 0 aromatic heterocycles. The second kappa shape index (κ2) is 6.51. The molecule has 0 spiro atoms. The molecule has 0 aliphatic heterocycles. The Hall–Kier alpha value is -1.84. The number of ether oxygens (including phenoxy) is 1. The summed E-state index contributed by atoms with van der Waals surface area (Å²) in [6.45, 7) is 0.777. The molecule has 2 aliphatic carbocycles. The van der Waals surface area contributed by atoms with Crippen molar-refractivity contribution in [1.82, 2.24) is 5.32 Å². The first-order valence-corrected chi connectivity index (χ1v) is 8.15. The van der Waals surface area contributed by atoms with Gasteiger partial charge in [-0.05, 0) is 61.3 Å². The first kappa shape index (κ1) is 15.1. The maximum atomic E-state index is 12.2. The van der Waals surface area contributed by atoms with E-state index in [1.807, 2.05) is 0 Å². The third-order valence-electron chi connectivity index (χ3n) is 5.32. The molecule has 0 radical (unpaired) electrons. The highest BCUT2D eigenvalue weighted by molar-refractivity contribution is 5.96. The van der Waals surface area contributed by atoms with Crippen LogP contribution in [0.3, 0.4) is 0 Å². The zero-order chi connectivity index (χ0) is 15.5. The van der Waals surface area contributed by atoms with Crippen LogP contribution in [0.25, 0.3) is 0 Å². The fourth-order valence-corrected chi connectivity index (χ4v) is 4.14. The lowest BCUT2D eigenvalue weighted by Gasteiger charge is -2.19. The zero-order valence-corrected chi connectivity index (χ0v) is 13.0. The normalized spacial score (nSPS) is 26.5. The summed E-state index contributed by atoms with van der Waals surface area (Å²) in [5, 5.41) is 3.06. The molecule has 1 N–H and O–H groups in total. The van der Waals surface area contributed by atoms with Crippen LogP contribution >= 0.6 is 0 Å². The van der Waals surface area contributed by atoms with Gasteiger partial charge < -0.3 is 10.1 Å². The maximum absolute atomic E-state index is 12.2. The number of hydrogen-bond donors (Lipinski definition) is 1. The van der Waals surface area contributed by atoms with Gasteiger partial charge in [-0.25, -0.2) is 4.79 Å². The molecular weight excluding hydrogens is 278 g/mol. The Morgan fingerprint density at radius 2 is 1.82 bits per heavy atom.